The summed E-state index contributed by atoms with van der Waals surface area (Å²) in [7, 11) is 0. The van der Waals surface area contributed by atoms with Crippen molar-refractivity contribution in [1.82, 2.24) is 10.3 Å². The summed E-state index contributed by atoms with van der Waals surface area (Å²) in [4.78, 5) is 30.6. The Bertz CT molecular complexity index is 1510. The number of esters is 1. The van der Waals surface area contributed by atoms with Gasteiger partial charge in [0.2, 0.25) is 0 Å². The van der Waals surface area contributed by atoms with Crippen LogP contribution in [0.2, 0.25) is 5.02 Å². The summed E-state index contributed by atoms with van der Waals surface area (Å²) >= 11 is 6.24. The molecule has 1 aromatic heterocycles. The highest BCUT2D eigenvalue weighted by atomic mass is 35.5. The number of nitrogens with one attached hydrogen (secondary N) is 1. The number of halogens is 2. The summed E-state index contributed by atoms with van der Waals surface area (Å²) in [5.41, 5.74) is 4.36. The highest BCUT2D eigenvalue weighted by Crippen LogP contribution is 2.38. The topological polar surface area (TPSA) is 68.3 Å². The van der Waals surface area contributed by atoms with Crippen molar-refractivity contribution in [3.63, 3.8) is 0 Å². The number of amides is 1. The molecule has 1 aliphatic rings. The summed E-state index contributed by atoms with van der Waals surface area (Å²) < 4.78 is 19.9. The molecule has 1 N–H and O–H groups in total. The maximum absolute atomic E-state index is 14.5. The first-order chi connectivity index (χ1) is 17.9. The lowest BCUT2D eigenvalue weighted by Crippen LogP contribution is -2.31. The molecule has 1 atom stereocenters. The Hall–Kier alpha value is -4.03. The van der Waals surface area contributed by atoms with E-state index in [9.17, 15) is 14.0 Å². The number of pyridine rings is 1. The second-order valence-electron chi connectivity index (χ2n) is 8.91. The van der Waals surface area contributed by atoms with Crippen LogP contribution in [-0.2, 0) is 16.0 Å². The molecule has 7 heteroatoms. The molecular formula is C30H24ClFN2O3. The Morgan fingerprint density at radius 1 is 1.05 bits per heavy atom. The number of carbonyl (C=O) groups excluding carboxylic acids is 2. The Morgan fingerprint density at radius 3 is 2.59 bits per heavy atom. The number of ether oxygens (including phenoxy) is 1. The quantitative estimate of drug-likeness (QED) is 0.296. The van der Waals surface area contributed by atoms with E-state index in [0.29, 0.717) is 40.0 Å². The third-order valence-corrected chi connectivity index (χ3v) is 6.81. The molecule has 1 aliphatic carbocycles. The number of hydrogen-bond donors (Lipinski definition) is 1. The van der Waals surface area contributed by atoms with Crippen molar-refractivity contribution in [3.05, 3.63) is 112 Å². The van der Waals surface area contributed by atoms with E-state index >= 15 is 0 Å². The van der Waals surface area contributed by atoms with Gasteiger partial charge in [-0.05, 0) is 60.7 Å². The maximum Gasteiger partial charge on any atom is 0.339 e. The first kappa shape index (κ1) is 24.7. The van der Waals surface area contributed by atoms with E-state index < -0.39 is 24.3 Å². The third-order valence-electron chi connectivity index (χ3n) is 6.48. The number of para-hydroxylation sites is 1. The molecule has 0 saturated carbocycles. The van der Waals surface area contributed by atoms with E-state index in [2.05, 4.69) is 5.32 Å². The summed E-state index contributed by atoms with van der Waals surface area (Å²) in [6, 6.07) is 21.1. The highest BCUT2D eigenvalue weighted by molar-refractivity contribution is 6.32. The molecule has 1 amide bonds. The number of nitrogens with zero attached hydrogens (tertiary/aromatic N) is 1. The lowest BCUT2D eigenvalue weighted by molar-refractivity contribution is -0.124. The largest absolute Gasteiger partial charge is 0.452 e. The number of fused-ring (bicyclic) bond motifs is 2. The van der Waals surface area contributed by atoms with Crippen molar-refractivity contribution < 1.29 is 18.7 Å². The fourth-order valence-electron chi connectivity index (χ4n) is 4.65. The van der Waals surface area contributed by atoms with Gasteiger partial charge in [-0.25, -0.2) is 14.2 Å². The highest BCUT2D eigenvalue weighted by Gasteiger charge is 2.28. The molecule has 0 saturated heterocycles. The van der Waals surface area contributed by atoms with E-state index in [1.165, 1.54) is 6.07 Å². The molecule has 0 bridgehead atoms. The second-order valence-corrected chi connectivity index (χ2v) is 9.32. The van der Waals surface area contributed by atoms with Crippen molar-refractivity contribution in [2.75, 3.05) is 6.61 Å². The van der Waals surface area contributed by atoms with Gasteiger partial charge in [0.1, 0.15) is 5.82 Å². The lowest BCUT2D eigenvalue weighted by atomic mass is 10.0. The third kappa shape index (κ3) is 5.11. The van der Waals surface area contributed by atoms with E-state index in [1.807, 2.05) is 61.5 Å². The minimum absolute atomic E-state index is 0.226. The molecule has 5 nitrogen and oxygen atoms in total. The van der Waals surface area contributed by atoms with Gasteiger partial charge in [-0.15, -0.1) is 0 Å². The smallest absolute Gasteiger partial charge is 0.339 e. The van der Waals surface area contributed by atoms with Crippen LogP contribution in [0.3, 0.4) is 0 Å². The number of aromatic nitrogens is 1. The number of rotatable bonds is 6. The first-order valence-corrected chi connectivity index (χ1v) is 12.4. The van der Waals surface area contributed by atoms with Gasteiger partial charge in [0.15, 0.2) is 6.61 Å². The van der Waals surface area contributed by atoms with Gasteiger partial charge in [-0.3, -0.25) is 4.79 Å². The summed E-state index contributed by atoms with van der Waals surface area (Å²) in [5, 5.41) is 3.80. The van der Waals surface area contributed by atoms with E-state index in [-0.39, 0.29) is 11.6 Å². The molecule has 3 aromatic carbocycles. The fourth-order valence-corrected chi connectivity index (χ4v) is 4.86. The van der Waals surface area contributed by atoms with E-state index in [0.717, 1.165) is 16.7 Å². The minimum Gasteiger partial charge on any atom is -0.452 e. The summed E-state index contributed by atoms with van der Waals surface area (Å²) in [5.74, 6) is -1.42. The van der Waals surface area contributed by atoms with Crippen molar-refractivity contribution >= 4 is 46.0 Å². The minimum atomic E-state index is -0.595. The van der Waals surface area contributed by atoms with Crippen molar-refractivity contribution in [2.45, 2.75) is 25.8 Å². The second kappa shape index (κ2) is 10.5. The Labute approximate surface area is 218 Å². The van der Waals surface area contributed by atoms with Crippen LogP contribution in [0.4, 0.5) is 4.39 Å². The molecule has 0 spiro atoms. The molecule has 0 radical (unpaired) electrons. The standard InChI is InChI=1S/C30H24ClFN2O3/c1-18(19-8-3-2-4-9-19)33-27(35)17-37-30(36)28-21-10-5-6-13-26(21)34-29-20(14-15-22(28)29)16-23-24(31)11-7-12-25(23)32/h2-13,16,18H,14-15,17H2,1H3,(H,33,35)/b20-16-. The predicted octanol–water partition coefficient (Wildman–Crippen LogP) is 6.55. The Balaban J connectivity index is 1.43. The van der Waals surface area contributed by atoms with Gasteiger partial charge in [-0.1, -0.05) is 66.2 Å². The van der Waals surface area contributed by atoms with Gasteiger partial charge in [0, 0.05) is 10.9 Å². The number of carbonyl (C=O) groups is 2. The predicted molar refractivity (Wildman–Crippen MR) is 143 cm³/mol. The zero-order chi connectivity index (χ0) is 25.9. The molecular weight excluding hydrogens is 491 g/mol. The van der Waals surface area contributed by atoms with Crippen LogP contribution < -0.4 is 5.32 Å². The molecule has 0 aliphatic heterocycles. The van der Waals surface area contributed by atoms with Crippen LogP contribution in [0.1, 0.15) is 52.1 Å². The van der Waals surface area contributed by atoms with Crippen LogP contribution in [0.15, 0.2) is 72.8 Å². The molecule has 37 heavy (non-hydrogen) atoms. The summed E-state index contributed by atoms with van der Waals surface area (Å²) in [6.45, 7) is 1.46. The molecule has 1 heterocycles. The maximum atomic E-state index is 14.5. The van der Waals surface area contributed by atoms with Crippen LogP contribution in [0.25, 0.3) is 22.6 Å². The molecule has 0 fully saturated rings. The molecule has 186 valence electrons. The molecule has 1 unspecified atom stereocenters. The number of hydrogen-bond acceptors (Lipinski definition) is 4. The van der Waals surface area contributed by atoms with Gasteiger partial charge in [0.25, 0.3) is 5.91 Å². The van der Waals surface area contributed by atoms with E-state index in [4.69, 9.17) is 21.3 Å². The van der Waals surface area contributed by atoms with Gasteiger partial charge >= 0.3 is 5.97 Å². The first-order valence-electron chi connectivity index (χ1n) is 12.0. The molecule has 5 rings (SSSR count). The van der Waals surface area contributed by atoms with Crippen LogP contribution >= 0.6 is 11.6 Å². The van der Waals surface area contributed by atoms with Gasteiger partial charge in [-0.2, -0.15) is 0 Å². The average molecular weight is 515 g/mol. The van der Waals surface area contributed by atoms with Gasteiger partial charge < -0.3 is 10.1 Å². The number of benzene rings is 3. The zero-order valence-electron chi connectivity index (χ0n) is 20.1. The SMILES string of the molecule is CC(NC(=O)COC(=O)c1c2c(nc3ccccc13)/C(=C\c1c(F)cccc1Cl)CC2)c1ccccc1. The van der Waals surface area contributed by atoms with Gasteiger partial charge in [0.05, 0.1) is 27.8 Å². The number of allylic oxidation sites excluding steroid dienone is 1. The Kier molecular flexibility index (Phi) is 7.01. The van der Waals surface area contributed by atoms with Crippen LogP contribution in [0, 0.1) is 5.82 Å². The van der Waals surface area contributed by atoms with Crippen LogP contribution in [0.5, 0.6) is 0 Å². The average Bonchev–Trinajstić information content (AvgIpc) is 3.30. The van der Waals surface area contributed by atoms with Crippen LogP contribution in [-0.4, -0.2) is 23.5 Å². The Morgan fingerprint density at radius 2 is 1.81 bits per heavy atom. The lowest BCUT2D eigenvalue weighted by Gasteiger charge is -2.15. The zero-order valence-corrected chi connectivity index (χ0v) is 20.9. The van der Waals surface area contributed by atoms with E-state index in [1.54, 1.807) is 18.2 Å². The molecule has 4 aromatic rings. The van der Waals surface area contributed by atoms with Crippen molar-refractivity contribution in [3.8, 4) is 0 Å². The normalized spacial score (nSPS) is 14.4. The monoisotopic (exact) mass is 514 g/mol. The fraction of sp³-hybridized carbons (Fsp3) is 0.167. The summed E-state index contributed by atoms with van der Waals surface area (Å²) in [6.07, 6.45) is 2.80. The van der Waals surface area contributed by atoms with Crippen molar-refractivity contribution in [1.29, 1.82) is 0 Å². The van der Waals surface area contributed by atoms with Crippen molar-refractivity contribution in [2.24, 2.45) is 0 Å².